The summed E-state index contributed by atoms with van der Waals surface area (Å²) in [6, 6.07) is 17.1. The van der Waals surface area contributed by atoms with Crippen LogP contribution in [0.2, 0.25) is 0 Å². The van der Waals surface area contributed by atoms with Crippen LogP contribution in [0.3, 0.4) is 0 Å². The second-order valence-electron chi connectivity index (χ2n) is 6.89. The number of aryl methyl sites for hydroxylation is 1. The summed E-state index contributed by atoms with van der Waals surface area (Å²) in [7, 11) is 0. The molecule has 30 heavy (non-hydrogen) atoms. The Morgan fingerprint density at radius 1 is 0.933 bits per heavy atom. The fraction of sp³-hybridized carbons (Fsp3) is 0.0870. The summed E-state index contributed by atoms with van der Waals surface area (Å²) in [6.07, 6.45) is 4.99. The molecule has 0 saturated heterocycles. The molecule has 0 aliphatic carbocycles. The number of carbonyl (C=O) groups excluding carboxylic acids is 1. The Kier molecular flexibility index (Phi) is 4.65. The number of fused-ring (bicyclic) bond motifs is 2. The van der Waals surface area contributed by atoms with Crippen molar-refractivity contribution in [2.24, 2.45) is 0 Å². The third-order valence-corrected chi connectivity index (χ3v) is 5.89. The lowest BCUT2D eigenvalue weighted by Gasteiger charge is -2.19. The normalized spacial score (nSPS) is 11.1. The number of benzene rings is 2. The van der Waals surface area contributed by atoms with Crippen LogP contribution < -0.4 is 4.90 Å². The largest absolute Gasteiger partial charge is 0.278 e. The lowest BCUT2D eigenvalue weighted by atomic mass is 10.1. The molecular formula is C23H17N5OS. The molecule has 0 radical (unpaired) electrons. The maximum Gasteiger partial charge on any atom is 0.260 e. The predicted octanol–water partition coefficient (Wildman–Crippen LogP) is 4.79. The van der Waals surface area contributed by atoms with Crippen molar-refractivity contribution >= 4 is 43.6 Å². The smallest absolute Gasteiger partial charge is 0.260 e. The van der Waals surface area contributed by atoms with Crippen molar-refractivity contribution < 1.29 is 4.79 Å². The van der Waals surface area contributed by atoms with Crippen molar-refractivity contribution in [3.05, 3.63) is 90.0 Å². The molecule has 0 aliphatic heterocycles. The van der Waals surface area contributed by atoms with Crippen molar-refractivity contribution in [1.82, 2.24) is 19.9 Å². The third-order valence-electron chi connectivity index (χ3n) is 4.85. The Morgan fingerprint density at radius 2 is 1.80 bits per heavy atom. The molecule has 0 saturated carbocycles. The maximum atomic E-state index is 13.6. The molecule has 0 bridgehead atoms. The first-order valence-electron chi connectivity index (χ1n) is 9.48. The maximum absolute atomic E-state index is 13.6. The first-order chi connectivity index (χ1) is 14.7. The molecule has 5 rings (SSSR count). The highest BCUT2D eigenvalue weighted by Crippen LogP contribution is 2.32. The van der Waals surface area contributed by atoms with E-state index < -0.39 is 0 Å². The monoisotopic (exact) mass is 411 g/mol. The van der Waals surface area contributed by atoms with Crippen LogP contribution in [0.15, 0.2) is 73.2 Å². The van der Waals surface area contributed by atoms with E-state index in [1.807, 2.05) is 49.4 Å². The van der Waals surface area contributed by atoms with Gasteiger partial charge in [-0.05, 0) is 48.9 Å². The van der Waals surface area contributed by atoms with E-state index in [1.54, 1.807) is 35.6 Å². The van der Waals surface area contributed by atoms with Gasteiger partial charge in [0.25, 0.3) is 5.91 Å². The van der Waals surface area contributed by atoms with Crippen molar-refractivity contribution in [1.29, 1.82) is 0 Å². The van der Waals surface area contributed by atoms with Gasteiger partial charge in [-0.15, -0.1) is 0 Å². The number of carbonyl (C=O) groups is 1. The van der Waals surface area contributed by atoms with Gasteiger partial charge in [0.1, 0.15) is 0 Å². The summed E-state index contributed by atoms with van der Waals surface area (Å²) >= 11 is 1.50. The second-order valence-corrected chi connectivity index (χ2v) is 7.90. The number of thiazole rings is 1. The topological polar surface area (TPSA) is 71.9 Å². The van der Waals surface area contributed by atoms with Gasteiger partial charge >= 0.3 is 0 Å². The van der Waals surface area contributed by atoms with Gasteiger partial charge in [-0.25, -0.2) is 4.98 Å². The molecule has 7 heteroatoms. The van der Waals surface area contributed by atoms with Crippen LogP contribution in [0.25, 0.3) is 21.3 Å². The van der Waals surface area contributed by atoms with Crippen LogP contribution in [0.1, 0.15) is 21.6 Å². The van der Waals surface area contributed by atoms with Gasteiger partial charge < -0.3 is 0 Å². The Labute approximate surface area is 176 Å². The molecule has 5 aromatic rings. The minimum Gasteiger partial charge on any atom is -0.278 e. The third kappa shape index (κ3) is 3.40. The molecule has 0 spiro atoms. The summed E-state index contributed by atoms with van der Waals surface area (Å²) in [5.74, 6) is -0.148. The lowest BCUT2D eigenvalue weighted by molar-refractivity contribution is 0.0985. The zero-order valence-corrected chi connectivity index (χ0v) is 17.0. The Bertz CT molecular complexity index is 1370. The van der Waals surface area contributed by atoms with E-state index in [0.717, 1.165) is 27.0 Å². The fourth-order valence-electron chi connectivity index (χ4n) is 3.32. The first kappa shape index (κ1) is 18.3. The number of para-hydroxylation sites is 1. The van der Waals surface area contributed by atoms with Crippen molar-refractivity contribution in [2.75, 3.05) is 4.90 Å². The van der Waals surface area contributed by atoms with E-state index in [0.29, 0.717) is 22.8 Å². The highest BCUT2D eigenvalue weighted by atomic mass is 32.1. The van der Waals surface area contributed by atoms with Crippen molar-refractivity contribution in [3.63, 3.8) is 0 Å². The van der Waals surface area contributed by atoms with Gasteiger partial charge in [0.05, 0.1) is 33.5 Å². The van der Waals surface area contributed by atoms with Crippen LogP contribution in [-0.2, 0) is 6.54 Å². The zero-order valence-electron chi connectivity index (χ0n) is 16.2. The number of amides is 1. The molecule has 1 amide bonds. The molecule has 3 aromatic heterocycles. The molecule has 2 aromatic carbocycles. The Hall–Kier alpha value is -3.71. The Morgan fingerprint density at radius 3 is 2.60 bits per heavy atom. The van der Waals surface area contributed by atoms with E-state index in [-0.39, 0.29) is 5.91 Å². The van der Waals surface area contributed by atoms with E-state index in [4.69, 9.17) is 4.98 Å². The highest BCUT2D eigenvalue weighted by molar-refractivity contribution is 7.22. The van der Waals surface area contributed by atoms with Gasteiger partial charge in [-0.3, -0.25) is 24.6 Å². The highest BCUT2D eigenvalue weighted by Gasteiger charge is 2.23. The molecule has 3 heterocycles. The standard InChI is InChI=1S/C23H17N5OS/c1-15-5-4-7-20-21(15)27-23(30-20)28(14-17-6-2-3-10-24-17)22(29)16-8-9-18-19(13-16)26-12-11-25-18/h2-13H,14H2,1H3. The fourth-order valence-corrected chi connectivity index (χ4v) is 4.36. The summed E-state index contributed by atoms with van der Waals surface area (Å²) in [6.45, 7) is 2.36. The predicted molar refractivity (Wildman–Crippen MR) is 119 cm³/mol. The van der Waals surface area contributed by atoms with Gasteiger partial charge in [-0.1, -0.05) is 29.5 Å². The van der Waals surface area contributed by atoms with Gasteiger partial charge in [-0.2, -0.15) is 0 Å². The quantitative estimate of drug-likeness (QED) is 0.425. The number of hydrogen-bond donors (Lipinski definition) is 0. The average molecular weight is 411 g/mol. The molecule has 0 atom stereocenters. The number of hydrogen-bond acceptors (Lipinski definition) is 6. The number of rotatable bonds is 4. The minimum absolute atomic E-state index is 0.148. The second kappa shape index (κ2) is 7.61. The summed E-state index contributed by atoms with van der Waals surface area (Å²) in [5, 5.41) is 0.647. The minimum atomic E-state index is -0.148. The number of aromatic nitrogens is 4. The number of anilines is 1. The van der Waals surface area contributed by atoms with E-state index in [1.165, 1.54) is 11.3 Å². The number of nitrogens with zero attached hydrogens (tertiary/aromatic N) is 5. The summed E-state index contributed by atoms with van der Waals surface area (Å²) < 4.78 is 1.05. The van der Waals surface area contributed by atoms with E-state index in [9.17, 15) is 4.79 Å². The van der Waals surface area contributed by atoms with Gasteiger partial charge in [0, 0.05) is 24.2 Å². The average Bonchev–Trinajstić information content (AvgIpc) is 3.23. The molecule has 0 unspecified atom stereocenters. The molecule has 0 aliphatic rings. The van der Waals surface area contributed by atoms with Crippen LogP contribution >= 0.6 is 11.3 Å². The van der Waals surface area contributed by atoms with Crippen LogP contribution in [-0.4, -0.2) is 25.8 Å². The molecule has 6 nitrogen and oxygen atoms in total. The van der Waals surface area contributed by atoms with E-state index >= 15 is 0 Å². The Balaban J connectivity index is 1.60. The van der Waals surface area contributed by atoms with Gasteiger partial charge in [0.15, 0.2) is 5.13 Å². The van der Waals surface area contributed by atoms with Crippen LogP contribution in [0.5, 0.6) is 0 Å². The number of pyridine rings is 1. The SMILES string of the molecule is Cc1cccc2sc(N(Cc3ccccn3)C(=O)c3ccc4nccnc4c3)nc12. The van der Waals surface area contributed by atoms with Crippen molar-refractivity contribution in [3.8, 4) is 0 Å². The van der Waals surface area contributed by atoms with Crippen LogP contribution in [0, 0.1) is 6.92 Å². The molecule has 0 fully saturated rings. The first-order valence-corrected chi connectivity index (χ1v) is 10.3. The molecule has 0 N–H and O–H groups in total. The van der Waals surface area contributed by atoms with E-state index in [2.05, 4.69) is 15.0 Å². The molecular weight excluding hydrogens is 394 g/mol. The van der Waals surface area contributed by atoms with Gasteiger partial charge in [0.2, 0.25) is 0 Å². The van der Waals surface area contributed by atoms with Crippen LogP contribution in [0.4, 0.5) is 5.13 Å². The lowest BCUT2D eigenvalue weighted by Crippen LogP contribution is -2.30. The van der Waals surface area contributed by atoms with Crippen molar-refractivity contribution in [2.45, 2.75) is 13.5 Å². The summed E-state index contributed by atoms with van der Waals surface area (Å²) in [4.78, 5) is 33.1. The summed E-state index contributed by atoms with van der Waals surface area (Å²) in [5.41, 5.74) is 4.77. The zero-order chi connectivity index (χ0) is 20.5. The molecule has 146 valence electrons.